The van der Waals surface area contributed by atoms with Gasteiger partial charge in [0.2, 0.25) is 23.2 Å². The number of aliphatic imine (C=N–C) groups is 1. The third-order valence-corrected chi connectivity index (χ3v) is 3.43. The molecule has 140 valence electrons. The van der Waals surface area contributed by atoms with Gasteiger partial charge in [0.1, 0.15) is 0 Å². The van der Waals surface area contributed by atoms with E-state index in [1.807, 2.05) is 0 Å². The number of allylic oxidation sites excluding steroid dienone is 1. The first-order chi connectivity index (χ1) is 12.6. The van der Waals surface area contributed by atoms with Gasteiger partial charge in [0.05, 0.1) is 10.5 Å². The van der Waals surface area contributed by atoms with Crippen LogP contribution in [0, 0.1) is 10.1 Å². The van der Waals surface area contributed by atoms with E-state index in [0.717, 1.165) is 12.1 Å². The molecule has 0 saturated carbocycles. The summed E-state index contributed by atoms with van der Waals surface area (Å²) in [5.41, 5.74) is -2.08. The standard InChI is InChI=1S/C13H7F3N6O5/c14-13(15,16)6-3-9(24)12(17-4-6)21-19-11(18-20-21)5-1-7(22(26)27)10(25)8(23)2-5/h1-2,4,23,25H,3H2. The fourth-order valence-corrected chi connectivity index (χ4v) is 2.14. The Labute approximate surface area is 146 Å². The number of nitro benzene ring substituents is 1. The molecular weight excluding hydrogens is 377 g/mol. The van der Waals surface area contributed by atoms with Gasteiger partial charge in [-0.3, -0.25) is 14.9 Å². The van der Waals surface area contributed by atoms with Crippen molar-refractivity contribution < 1.29 is 33.1 Å². The van der Waals surface area contributed by atoms with Gasteiger partial charge < -0.3 is 10.2 Å². The van der Waals surface area contributed by atoms with Gasteiger partial charge in [0, 0.05) is 24.3 Å². The first-order valence-electron chi connectivity index (χ1n) is 6.96. The Hall–Kier alpha value is -3.84. The molecule has 1 aromatic carbocycles. The number of phenols is 2. The Morgan fingerprint density at radius 1 is 1.26 bits per heavy atom. The number of rotatable bonds is 2. The van der Waals surface area contributed by atoms with Gasteiger partial charge in [0.25, 0.3) is 0 Å². The second-order valence-corrected chi connectivity index (χ2v) is 5.23. The monoisotopic (exact) mass is 384 g/mol. The minimum absolute atomic E-state index is 0.126. The number of hydrogen-bond acceptors (Lipinski definition) is 9. The number of nitrogens with zero attached hydrogens (tertiary/aromatic N) is 6. The lowest BCUT2D eigenvalue weighted by Crippen LogP contribution is -2.30. The minimum atomic E-state index is -4.70. The summed E-state index contributed by atoms with van der Waals surface area (Å²) >= 11 is 0. The summed E-state index contributed by atoms with van der Waals surface area (Å²) < 4.78 is 37.8. The van der Waals surface area contributed by atoms with E-state index in [1.54, 1.807) is 0 Å². The zero-order valence-electron chi connectivity index (χ0n) is 12.9. The van der Waals surface area contributed by atoms with Crippen molar-refractivity contribution in [3.8, 4) is 22.9 Å². The van der Waals surface area contributed by atoms with Crippen LogP contribution in [0.3, 0.4) is 0 Å². The molecule has 1 aliphatic heterocycles. The lowest BCUT2D eigenvalue weighted by Gasteiger charge is -2.13. The first kappa shape index (κ1) is 18.0. The van der Waals surface area contributed by atoms with Gasteiger partial charge in [-0.2, -0.15) is 13.2 Å². The highest BCUT2D eigenvalue weighted by molar-refractivity contribution is 6.40. The van der Waals surface area contributed by atoms with Crippen molar-refractivity contribution in [1.82, 2.24) is 20.2 Å². The summed E-state index contributed by atoms with van der Waals surface area (Å²) in [7, 11) is 0. The molecule has 0 unspecified atom stereocenters. The molecule has 14 heteroatoms. The molecule has 2 N–H and O–H groups in total. The zero-order chi connectivity index (χ0) is 19.9. The maximum Gasteiger partial charge on any atom is 0.414 e. The summed E-state index contributed by atoms with van der Waals surface area (Å²) in [5, 5.41) is 40.6. The van der Waals surface area contributed by atoms with Crippen LogP contribution in [-0.2, 0) is 4.79 Å². The van der Waals surface area contributed by atoms with Crippen LogP contribution in [0.2, 0.25) is 0 Å². The van der Waals surface area contributed by atoms with Gasteiger partial charge in [-0.05, 0) is 11.3 Å². The number of benzene rings is 1. The van der Waals surface area contributed by atoms with Gasteiger partial charge >= 0.3 is 11.9 Å². The van der Waals surface area contributed by atoms with Crippen molar-refractivity contribution in [2.24, 2.45) is 4.99 Å². The molecule has 0 radical (unpaired) electrons. The number of halogens is 3. The average molecular weight is 384 g/mol. The van der Waals surface area contributed by atoms with Crippen LogP contribution in [0.1, 0.15) is 6.42 Å². The summed E-state index contributed by atoms with van der Waals surface area (Å²) in [6.07, 6.45) is -5.18. The molecule has 11 nitrogen and oxygen atoms in total. The predicted octanol–water partition coefficient (Wildman–Crippen LogP) is 1.33. The lowest BCUT2D eigenvalue weighted by atomic mass is 10.1. The molecule has 1 aliphatic rings. The number of aromatic nitrogens is 4. The summed E-state index contributed by atoms with van der Waals surface area (Å²) in [6, 6.07) is 1.76. The number of phenolic OH excluding ortho intramolecular Hbond substituents is 2. The van der Waals surface area contributed by atoms with E-state index in [2.05, 4.69) is 20.4 Å². The third-order valence-electron chi connectivity index (χ3n) is 3.43. The maximum absolute atomic E-state index is 12.6. The number of aromatic hydroxyl groups is 2. The highest BCUT2D eigenvalue weighted by Gasteiger charge is 2.38. The number of Topliss-reactive ketones (excluding diaryl/α,β-unsaturated/α-hetero) is 1. The summed E-state index contributed by atoms with van der Waals surface area (Å²) in [4.78, 5) is 25.8. The molecule has 0 aliphatic carbocycles. The molecule has 0 spiro atoms. The average Bonchev–Trinajstić information content (AvgIpc) is 3.05. The molecule has 2 heterocycles. The molecule has 27 heavy (non-hydrogen) atoms. The topological polar surface area (TPSA) is 157 Å². The number of tetrazole rings is 1. The highest BCUT2D eigenvalue weighted by Crippen LogP contribution is 2.38. The largest absolute Gasteiger partial charge is 0.504 e. The number of hydrogen-bond donors (Lipinski definition) is 2. The fourth-order valence-electron chi connectivity index (χ4n) is 2.14. The number of alkyl halides is 3. The second-order valence-electron chi connectivity index (χ2n) is 5.23. The molecular formula is C13H7F3N6O5. The second kappa shape index (κ2) is 6.15. The molecule has 3 rings (SSSR count). The van der Waals surface area contributed by atoms with E-state index < -0.39 is 51.9 Å². The molecule has 0 atom stereocenters. The smallest absolute Gasteiger partial charge is 0.414 e. The Morgan fingerprint density at radius 3 is 2.56 bits per heavy atom. The van der Waals surface area contributed by atoms with Gasteiger partial charge in [-0.1, -0.05) is 0 Å². The van der Waals surface area contributed by atoms with Crippen LogP contribution in [0.4, 0.5) is 18.9 Å². The van der Waals surface area contributed by atoms with Crippen LogP contribution in [0.25, 0.3) is 11.4 Å². The van der Waals surface area contributed by atoms with E-state index in [9.17, 15) is 38.3 Å². The van der Waals surface area contributed by atoms with Crippen LogP contribution >= 0.6 is 0 Å². The van der Waals surface area contributed by atoms with Crippen molar-refractivity contribution in [3.63, 3.8) is 0 Å². The van der Waals surface area contributed by atoms with Gasteiger partial charge in [0.15, 0.2) is 5.75 Å². The first-order valence-corrected chi connectivity index (χ1v) is 6.96. The van der Waals surface area contributed by atoms with E-state index >= 15 is 0 Å². The molecule has 1 aromatic heterocycles. The Balaban J connectivity index is 1.99. The van der Waals surface area contributed by atoms with Crippen LogP contribution in [-0.4, -0.2) is 53.1 Å². The highest BCUT2D eigenvalue weighted by atomic mass is 19.4. The third kappa shape index (κ3) is 3.31. The minimum Gasteiger partial charge on any atom is -0.504 e. The predicted molar refractivity (Wildman–Crippen MR) is 79.8 cm³/mol. The van der Waals surface area contributed by atoms with Crippen LogP contribution < -0.4 is 0 Å². The summed E-state index contributed by atoms with van der Waals surface area (Å²) in [6.45, 7) is 0. The lowest BCUT2D eigenvalue weighted by molar-refractivity contribution is -0.385. The molecule has 0 saturated heterocycles. The Bertz CT molecular complexity index is 1030. The Morgan fingerprint density at radius 2 is 1.96 bits per heavy atom. The number of nitro groups is 1. The van der Waals surface area contributed by atoms with Gasteiger partial charge in [-0.25, -0.2) is 4.99 Å². The molecule has 0 amide bonds. The molecule has 2 aromatic rings. The summed E-state index contributed by atoms with van der Waals surface area (Å²) in [5.74, 6) is -3.62. The van der Waals surface area contributed by atoms with Crippen LogP contribution in [0.15, 0.2) is 28.9 Å². The molecule has 0 bridgehead atoms. The maximum atomic E-state index is 12.6. The Kier molecular flexibility index (Phi) is 4.09. The van der Waals surface area contributed by atoms with Crippen molar-refractivity contribution in [3.05, 3.63) is 34.0 Å². The van der Waals surface area contributed by atoms with E-state index in [4.69, 9.17) is 0 Å². The van der Waals surface area contributed by atoms with Gasteiger partial charge in [-0.15, -0.1) is 15.0 Å². The van der Waals surface area contributed by atoms with Crippen molar-refractivity contribution >= 4 is 17.3 Å². The van der Waals surface area contributed by atoms with Crippen molar-refractivity contribution in [2.75, 3.05) is 0 Å². The SMILES string of the molecule is O=C1CC(C(F)(F)F)=CN=C1n1nnc(-c2cc(O)c(O)c([N+](=O)[O-])c2)n1. The van der Waals surface area contributed by atoms with E-state index in [-0.39, 0.29) is 11.4 Å². The number of ketones is 1. The van der Waals surface area contributed by atoms with E-state index in [1.165, 1.54) is 0 Å². The number of carbonyl (C=O) groups is 1. The normalized spacial score (nSPS) is 14.7. The fraction of sp³-hybridized carbons (Fsp3) is 0.154. The quantitative estimate of drug-likeness (QED) is 0.446. The van der Waals surface area contributed by atoms with E-state index in [0.29, 0.717) is 11.0 Å². The van der Waals surface area contributed by atoms with Crippen LogP contribution in [0.5, 0.6) is 11.5 Å². The van der Waals surface area contributed by atoms with Crippen molar-refractivity contribution in [1.29, 1.82) is 0 Å². The zero-order valence-corrected chi connectivity index (χ0v) is 12.9. The number of carbonyl (C=O) groups excluding carboxylic acids is 1. The van der Waals surface area contributed by atoms with Crippen molar-refractivity contribution in [2.45, 2.75) is 12.6 Å². The molecule has 0 fully saturated rings.